The molecule has 0 bridgehead atoms. The molecule has 1 rings (SSSR count). The molecule has 0 aliphatic carbocycles. The zero-order chi connectivity index (χ0) is 14.8. The summed E-state index contributed by atoms with van der Waals surface area (Å²) in [5.74, 6) is -1.20. The Morgan fingerprint density at radius 2 is 1.74 bits per heavy atom. The van der Waals surface area contributed by atoms with Crippen LogP contribution in [-0.4, -0.2) is 40.9 Å². The van der Waals surface area contributed by atoms with E-state index in [0.29, 0.717) is 0 Å². The lowest BCUT2D eigenvalue weighted by molar-refractivity contribution is 0.0696. The highest BCUT2D eigenvalue weighted by Gasteiger charge is 2.30. The van der Waals surface area contributed by atoms with Crippen LogP contribution in [0.4, 0.5) is 0 Å². The molecule has 0 atom stereocenters. The average Bonchev–Trinajstić information content (AvgIpc) is 2.27. The quantitative estimate of drug-likeness (QED) is 0.888. The molecular formula is C12H18N2O4S. The van der Waals surface area contributed by atoms with Gasteiger partial charge in [0.1, 0.15) is 4.90 Å². The van der Waals surface area contributed by atoms with E-state index >= 15 is 0 Å². The van der Waals surface area contributed by atoms with Gasteiger partial charge in [0.15, 0.2) is 0 Å². The van der Waals surface area contributed by atoms with E-state index in [1.807, 2.05) is 0 Å². The molecule has 1 heterocycles. The Kier molecular flexibility index (Phi) is 4.65. The summed E-state index contributed by atoms with van der Waals surface area (Å²) in [4.78, 5) is 14.5. The Morgan fingerprint density at radius 3 is 2.16 bits per heavy atom. The van der Waals surface area contributed by atoms with Gasteiger partial charge in [-0.25, -0.2) is 13.2 Å². The van der Waals surface area contributed by atoms with Gasteiger partial charge in [-0.2, -0.15) is 4.31 Å². The third kappa shape index (κ3) is 3.30. The number of hydrogen-bond acceptors (Lipinski definition) is 4. The van der Waals surface area contributed by atoms with Gasteiger partial charge in [0, 0.05) is 24.5 Å². The zero-order valence-corrected chi connectivity index (χ0v) is 12.2. The molecule has 1 aromatic heterocycles. The van der Waals surface area contributed by atoms with Gasteiger partial charge < -0.3 is 5.11 Å². The van der Waals surface area contributed by atoms with E-state index in [1.165, 1.54) is 10.5 Å². The van der Waals surface area contributed by atoms with Crippen molar-refractivity contribution in [2.45, 2.75) is 44.7 Å². The van der Waals surface area contributed by atoms with Gasteiger partial charge >= 0.3 is 5.97 Å². The standard InChI is InChI=1S/C12H18N2O4S/c1-8(2)14(9(3)4)19(17,18)11-5-10(12(15)16)6-13-7-11/h5-9H,1-4H3,(H,15,16). The van der Waals surface area contributed by atoms with Crippen LogP contribution in [0.25, 0.3) is 0 Å². The maximum Gasteiger partial charge on any atom is 0.337 e. The molecular weight excluding hydrogens is 268 g/mol. The van der Waals surface area contributed by atoms with Crippen molar-refractivity contribution in [3.05, 3.63) is 24.0 Å². The number of pyridine rings is 1. The molecule has 0 unspecified atom stereocenters. The highest BCUT2D eigenvalue weighted by atomic mass is 32.2. The summed E-state index contributed by atoms with van der Waals surface area (Å²) in [5.41, 5.74) is -0.145. The highest BCUT2D eigenvalue weighted by Crippen LogP contribution is 2.21. The third-order valence-electron chi connectivity index (χ3n) is 2.55. The average molecular weight is 286 g/mol. The monoisotopic (exact) mass is 286 g/mol. The molecule has 0 saturated carbocycles. The van der Waals surface area contributed by atoms with E-state index in [2.05, 4.69) is 4.98 Å². The molecule has 0 aromatic carbocycles. The fraction of sp³-hybridized carbons (Fsp3) is 0.500. The van der Waals surface area contributed by atoms with Crippen LogP contribution in [-0.2, 0) is 10.0 Å². The van der Waals surface area contributed by atoms with Crippen LogP contribution >= 0.6 is 0 Å². The largest absolute Gasteiger partial charge is 0.478 e. The predicted molar refractivity (Wildman–Crippen MR) is 70.5 cm³/mol. The normalized spacial score (nSPS) is 12.4. The number of carboxylic acids is 1. The van der Waals surface area contributed by atoms with Crippen LogP contribution in [0.5, 0.6) is 0 Å². The van der Waals surface area contributed by atoms with Crippen molar-refractivity contribution in [2.75, 3.05) is 0 Å². The van der Waals surface area contributed by atoms with Gasteiger partial charge in [-0.1, -0.05) is 0 Å². The number of hydrogen-bond donors (Lipinski definition) is 1. The van der Waals surface area contributed by atoms with Crippen molar-refractivity contribution < 1.29 is 18.3 Å². The van der Waals surface area contributed by atoms with Gasteiger partial charge in [-0.05, 0) is 33.8 Å². The van der Waals surface area contributed by atoms with E-state index in [1.54, 1.807) is 27.7 Å². The smallest absolute Gasteiger partial charge is 0.337 e. The maximum absolute atomic E-state index is 12.5. The van der Waals surface area contributed by atoms with Crippen molar-refractivity contribution in [2.24, 2.45) is 0 Å². The maximum atomic E-state index is 12.5. The molecule has 0 aliphatic rings. The summed E-state index contributed by atoms with van der Waals surface area (Å²) in [5, 5.41) is 8.88. The van der Waals surface area contributed by atoms with Gasteiger partial charge in [-0.15, -0.1) is 0 Å². The molecule has 0 aliphatic heterocycles. The van der Waals surface area contributed by atoms with Crippen molar-refractivity contribution in [1.82, 2.24) is 9.29 Å². The van der Waals surface area contributed by atoms with Crippen molar-refractivity contribution in [3.63, 3.8) is 0 Å². The highest BCUT2D eigenvalue weighted by molar-refractivity contribution is 7.89. The number of sulfonamides is 1. The summed E-state index contributed by atoms with van der Waals surface area (Å²) < 4.78 is 26.3. The van der Waals surface area contributed by atoms with Crippen LogP contribution in [0.2, 0.25) is 0 Å². The van der Waals surface area contributed by atoms with Crippen LogP contribution in [0, 0.1) is 0 Å². The number of carbonyl (C=O) groups is 1. The lowest BCUT2D eigenvalue weighted by Crippen LogP contribution is -2.42. The van der Waals surface area contributed by atoms with Gasteiger partial charge in [0.2, 0.25) is 10.0 Å². The summed E-state index contributed by atoms with van der Waals surface area (Å²) in [6.45, 7) is 7.08. The van der Waals surface area contributed by atoms with Crippen molar-refractivity contribution in [3.8, 4) is 0 Å². The van der Waals surface area contributed by atoms with E-state index in [0.717, 1.165) is 12.3 Å². The summed E-state index contributed by atoms with van der Waals surface area (Å²) in [7, 11) is -3.75. The Morgan fingerprint density at radius 1 is 1.21 bits per heavy atom. The first-order valence-electron chi connectivity index (χ1n) is 5.89. The molecule has 19 heavy (non-hydrogen) atoms. The van der Waals surface area contributed by atoms with E-state index in [9.17, 15) is 13.2 Å². The SMILES string of the molecule is CC(C)N(C(C)C)S(=O)(=O)c1cncc(C(=O)O)c1. The second kappa shape index (κ2) is 5.66. The number of nitrogens with zero attached hydrogens (tertiary/aromatic N) is 2. The molecule has 106 valence electrons. The molecule has 6 nitrogen and oxygen atoms in total. The molecule has 0 radical (unpaired) electrons. The minimum Gasteiger partial charge on any atom is -0.478 e. The van der Waals surface area contributed by atoms with Crippen LogP contribution < -0.4 is 0 Å². The first-order valence-corrected chi connectivity index (χ1v) is 7.33. The lowest BCUT2D eigenvalue weighted by atomic mass is 10.3. The molecule has 0 fully saturated rings. The number of aromatic carboxylic acids is 1. The molecule has 0 amide bonds. The number of aromatic nitrogens is 1. The Hall–Kier alpha value is -1.47. The summed E-state index contributed by atoms with van der Waals surface area (Å²) in [6.07, 6.45) is 2.29. The fourth-order valence-corrected chi connectivity index (χ4v) is 3.77. The van der Waals surface area contributed by atoms with Gasteiger partial charge in [-0.3, -0.25) is 4.98 Å². The molecule has 1 N–H and O–H groups in total. The summed E-state index contributed by atoms with van der Waals surface area (Å²) in [6, 6.07) is 0.680. The van der Waals surface area contributed by atoms with Crippen molar-refractivity contribution in [1.29, 1.82) is 0 Å². The van der Waals surface area contributed by atoms with Gasteiger partial charge in [0.05, 0.1) is 5.56 Å². The van der Waals surface area contributed by atoms with E-state index in [-0.39, 0.29) is 22.5 Å². The molecule has 0 spiro atoms. The van der Waals surface area contributed by atoms with Crippen molar-refractivity contribution >= 4 is 16.0 Å². The summed E-state index contributed by atoms with van der Waals surface area (Å²) >= 11 is 0. The minimum atomic E-state index is -3.75. The first kappa shape index (κ1) is 15.6. The molecule has 1 aromatic rings. The van der Waals surface area contributed by atoms with Crippen LogP contribution in [0.15, 0.2) is 23.4 Å². The minimum absolute atomic E-state index is 0.102. The molecule has 0 saturated heterocycles. The van der Waals surface area contributed by atoms with Crippen LogP contribution in [0.3, 0.4) is 0 Å². The Balaban J connectivity index is 3.33. The van der Waals surface area contributed by atoms with E-state index in [4.69, 9.17) is 5.11 Å². The second-order valence-electron chi connectivity index (χ2n) is 4.74. The Bertz CT molecular complexity index is 559. The Labute approximate surface area is 113 Å². The third-order valence-corrected chi connectivity index (χ3v) is 4.77. The topological polar surface area (TPSA) is 87.6 Å². The number of rotatable bonds is 5. The molecule has 7 heteroatoms. The predicted octanol–water partition coefficient (Wildman–Crippen LogP) is 1.59. The van der Waals surface area contributed by atoms with Crippen LogP contribution in [0.1, 0.15) is 38.1 Å². The first-order chi connectivity index (χ1) is 8.67. The lowest BCUT2D eigenvalue weighted by Gasteiger charge is -2.29. The fourth-order valence-electron chi connectivity index (χ4n) is 1.95. The zero-order valence-electron chi connectivity index (χ0n) is 11.4. The number of carboxylic acid groups (broad SMARTS) is 1. The van der Waals surface area contributed by atoms with E-state index < -0.39 is 16.0 Å². The second-order valence-corrected chi connectivity index (χ2v) is 6.58. The van der Waals surface area contributed by atoms with Gasteiger partial charge in [0.25, 0.3) is 0 Å².